The van der Waals surface area contributed by atoms with Gasteiger partial charge in [-0.05, 0) is 45.4 Å². The van der Waals surface area contributed by atoms with Crippen LogP contribution < -0.4 is 5.32 Å². The van der Waals surface area contributed by atoms with Crippen LogP contribution in [0.2, 0.25) is 0 Å². The average molecular weight is 301 g/mol. The number of carbonyl (C=O) groups is 2. The van der Waals surface area contributed by atoms with Gasteiger partial charge in [-0.15, -0.1) is 0 Å². The number of ether oxygens (including phenoxy) is 1. The highest BCUT2D eigenvalue weighted by molar-refractivity contribution is 6.06. The molecule has 0 aliphatic rings. The molecule has 2 aromatic rings. The van der Waals surface area contributed by atoms with Crippen LogP contribution in [0.1, 0.15) is 46.0 Å². The van der Waals surface area contributed by atoms with Crippen molar-refractivity contribution in [3.8, 4) is 0 Å². The second-order valence-electron chi connectivity index (χ2n) is 5.27. The van der Waals surface area contributed by atoms with Gasteiger partial charge in [0.05, 0.1) is 11.7 Å². The Morgan fingerprint density at radius 2 is 1.86 bits per heavy atom. The van der Waals surface area contributed by atoms with Crippen LogP contribution in [0, 0.1) is 13.8 Å². The fourth-order valence-corrected chi connectivity index (χ4v) is 2.19. The third-order valence-electron chi connectivity index (χ3n) is 3.15. The highest BCUT2D eigenvalue weighted by Gasteiger charge is 2.23. The van der Waals surface area contributed by atoms with Gasteiger partial charge in [-0.3, -0.25) is 9.78 Å². The lowest BCUT2D eigenvalue weighted by Gasteiger charge is -2.08. The van der Waals surface area contributed by atoms with Crippen LogP contribution in [0.5, 0.6) is 0 Å². The molecule has 0 unspecified atom stereocenters. The van der Waals surface area contributed by atoms with E-state index in [2.05, 4.69) is 15.3 Å². The molecule has 0 radical (unpaired) electrons. The van der Waals surface area contributed by atoms with Gasteiger partial charge in [-0.1, -0.05) is 0 Å². The van der Waals surface area contributed by atoms with Gasteiger partial charge in [-0.25, -0.2) is 4.79 Å². The maximum absolute atomic E-state index is 12.3. The summed E-state index contributed by atoms with van der Waals surface area (Å²) in [5.41, 5.74) is 2.59. The molecule has 0 aromatic carbocycles. The first kappa shape index (κ1) is 15.8. The minimum Gasteiger partial charge on any atom is -0.459 e. The summed E-state index contributed by atoms with van der Waals surface area (Å²) in [7, 11) is 0. The van der Waals surface area contributed by atoms with Gasteiger partial charge in [0.15, 0.2) is 0 Å². The molecule has 0 spiro atoms. The van der Waals surface area contributed by atoms with Crippen LogP contribution in [0.25, 0.3) is 0 Å². The molecule has 6 heteroatoms. The van der Waals surface area contributed by atoms with E-state index in [4.69, 9.17) is 4.74 Å². The summed E-state index contributed by atoms with van der Waals surface area (Å²) in [5.74, 6) is -0.736. The number of hydrogen-bond acceptors (Lipinski definition) is 4. The van der Waals surface area contributed by atoms with Crippen LogP contribution in [0.3, 0.4) is 0 Å². The lowest BCUT2D eigenvalue weighted by Crippen LogP contribution is -2.15. The number of anilines is 1. The Morgan fingerprint density at radius 1 is 1.23 bits per heavy atom. The van der Waals surface area contributed by atoms with E-state index < -0.39 is 5.97 Å². The normalized spacial score (nSPS) is 10.6. The van der Waals surface area contributed by atoms with Crippen molar-refractivity contribution in [2.45, 2.75) is 33.8 Å². The number of aromatic amines is 1. The van der Waals surface area contributed by atoms with Gasteiger partial charge in [0.25, 0.3) is 5.91 Å². The summed E-state index contributed by atoms with van der Waals surface area (Å²) in [6.07, 6.45) is 2.97. The Hall–Kier alpha value is -2.63. The molecular formula is C16H19N3O3. The second kappa shape index (κ2) is 6.43. The number of rotatable bonds is 4. The Morgan fingerprint density at radius 3 is 2.45 bits per heavy atom. The minimum atomic E-state index is -0.427. The van der Waals surface area contributed by atoms with E-state index in [0.717, 1.165) is 0 Å². The van der Waals surface area contributed by atoms with E-state index in [0.29, 0.717) is 28.2 Å². The van der Waals surface area contributed by atoms with Crippen molar-refractivity contribution in [3.05, 3.63) is 47.0 Å². The number of hydrogen-bond donors (Lipinski definition) is 2. The molecule has 116 valence electrons. The van der Waals surface area contributed by atoms with Crippen LogP contribution in [0.15, 0.2) is 24.5 Å². The SMILES string of the molecule is Cc1[nH]c(C(=O)Nc2ccncc2)c(C)c1C(=O)OC(C)C. The molecule has 2 aromatic heterocycles. The fourth-order valence-electron chi connectivity index (χ4n) is 2.19. The Labute approximate surface area is 128 Å². The summed E-state index contributed by atoms with van der Waals surface area (Å²) in [6.45, 7) is 7.04. The number of pyridine rings is 1. The standard InChI is InChI=1S/C16H19N3O3/c1-9(2)22-16(21)13-10(3)14(18-11(13)4)15(20)19-12-5-7-17-8-6-12/h5-9,18H,1-4H3,(H,17,19,20). The number of amides is 1. The van der Waals surface area contributed by atoms with Gasteiger partial charge in [0.1, 0.15) is 5.69 Å². The number of nitrogens with one attached hydrogen (secondary N) is 2. The predicted octanol–water partition coefficient (Wildman–Crippen LogP) is 2.84. The molecule has 2 heterocycles. The third kappa shape index (κ3) is 3.33. The first-order chi connectivity index (χ1) is 10.4. The number of carbonyl (C=O) groups excluding carboxylic acids is 2. The van der Waals surface area contributed by atoms with Gasteiger partial charge in [0, 0.05) is 23.8 Å². The van der Waals surface area contributed by atoms with Crippen molar-refractivity contribution in [1.82, 2.24) is 9.97 Å². The van der Waals surface area contributed by atoms with E-state index in [1.54, 1.807) is 52.2 Å². The van der Waals surface area contributed by atoms with Gasteiger partial charge in [-0.2, -0.15) is 0 Å². The second-order valence-corrected chi connectivity index (χ2v) is 5.27. The number of aryl methyl sites for hydroxylation is 1. The number of aromatic nitrogens is 2. The molecule has 0 atom stereocenters. The maximum atomic E-state index is 12.3. The minimum absolute atomic E-state index is 0.213. The van der Waals surface area contributed by atoms with Crippen LogP contribution >= 0.6 is 0 Å². The number of esters is 1. The molecule has 0 aliphatic carbocycles. The van der Waals surface area contributed by atoms with Crippen LogP contribution in [-0.2, 0) is 4.74 Å². The monoisotopic (exact) mass is 301 g/mol. The third-order valence-corrected chi connectivity index (χ3v) is 3.15. The zero-order valence-electron chi connectivity index (χ0n) is 13.1. The summed E-state index contributed by atoms with van der Waals surface area (Å²) in [4.78, 5) is 31.3. The molecule has 1 amide bonds. The van der Waals surface area contributed by atoms with E-state index in [-0.39, 0.29) is 12.0 Å². The Kier molecular flexibility index (Phi) is 4.60. The number of H-pyrrole nitrogens is 1. The topological polar surface area (TPSA) is 84.1 Å². The van der Waals surface area contributed by atoms with Crippen molar-refractivity contribution in [2.24, 2.45) is 0 Å². The molecule has 0 saturated carbocycles. The zero-order chi connectivity index (χ0) is 16.3. The highest BCUT2D eigenvalue weighted by atomic mass is 16.5. The van der Waals surface area contributed by atoms with E-state index in [1.165, 1.54) is 0 Å². The highest BCUT2D eigenvalue weighted by Crippen LogP contribution is 2.20. The maximum Gasteiger partial charge on any atom is 0.340 e. The lowest BCUT2D eigenvalue weighted by atomic mass is 10.1. The van der Waals surface area contributed by atoms with E-state index in [9.17, 15) is 9.59 Å². The zero-order valence-corrected chi connectivity index (χ0v) is 13.1. The molecule has 0 aliphatic heterocycles. The summed E-state index contributed by atoms with van der Waals surface area (Å²) >= 11 is 0. The molecular weight excluding hydrogens is 282 g/mol. The predicted molar refractivity (Wildman–Crippen MR) is 83.0 cm³/mol. The van der Waals surface area contributed by atoms with Gasteiger partial charge < -0.3 is 15.0 Å². The summed E-state index contributed by atoms with van der Waals surface area (Å²) < 4.78 is 5.21. The quantitative estimate of drug-likeness (QED) is 0.850. The Balaban J connectivity index is 2.26. The van der Waals surface area contributed by atoms with Crippen LogP contribution in [-0.4, -0.2) is 27.9 Å². The van der Waals surface area contributed by atoms with Crippen molar-refractivity contribution >= 4 is 17.6 Å². The molecule has 0 fully saturated rings. The summed E-state index contributed by atoms with van der Waals surface area (Å²) in [5, 5.41) is 2.76. The van der Waals surface area contributed by atoms with Gasteiger partial charge >= 0.3 is 5.97 Å². The number of nitrogens with zero attached hydrogens (tertiary/aromatic N) is 1. The van der Waals surface area contributed by atoms with Crippen molar-refractivity contribution in [3.63, 3.8) is 0 Å². The van der Waals surface area contributed by atoms with Crippen molar-refractivity contribution in [1.29, 1.82) is 0 Å². The lowest BCUT2D eigenvalue weighted by molar-refractivity contribution is 0.0376. The van der Waals surface area contributed by atoms with E-state index >= 15 is 0 Å². The Bertz CT molecular complexity index is 690. The largest absolute Gasteiger partial charge is 0.459 e. The summed E-state index contributed by atoms with van der Waals surface area (Å²) in [6, 6.07) is 3.38. The van der Waals surface area contributed by atoms with Crippen molar-refractivity contribution in [2.75, 3.05) is 5.32 Å². The molecule has 22 heavy (non-hydrogen) atoms. The fraction of sp³-hybridized carbons (Fsp3) is 0.312. The first-order valence-corrected chi connectivity index (χ1v) is 7.01. The van der Waals surface area contributed by atoms with Crippen molar-refractivity contribution < 1.29 is 14.3 Å². The molecule has 0 saturated heterocycles. The molecule has 2 N–H and O–H groups in total. The first-order valence-electron chi connectivity index (χ1n) is 7.01. The molecule has 6 nitrogen and oxygen atoms in total. The average Bonchev–Trinajstić information content (AvgIpc) is 2.74. The van der Waals surface area contributed by atoms with Crippen LogP contribution in [0.4, 0.5) is 5.69 Å². The van der Waals surface area contributed by atoms with Gasteiger partial charge in [0.2, 0.25) is 0 Å². The molecule has 0 bridgehead atoms. The molecule has 2 rings (SSSR count). The van der Waals surface area contributed by atoms with E-state index in [1.807, 2.05) is 0 Å². The smallest absolute Gasteiger partial charge is 0.340 e.